The van der Waals surface area contributed by atoms with Gasteiger partial charge in [0.2, 0.25) is 5.91 Å². The molecule has 1 amide bonds. The second kappa shape index (κ2) is 5.61. The van der Waals surface area contributed by atoms with Gasteiger partial charge in [-0.15, -0.1) is 0 Å². The van der Waals surface area contributed by atoms with E-state index in [1.807, 2.05) is 25.8 Å². The lowest BCUT2D eigenvalue weighted by molar-refractivity contribution is -0.136. The zero-order valence-corrected chi connectivity index (χ0v) is 12.1. The van der Waals surface area contributed by atoms with Crippen molar-refractivity contribution >= 4 is 5.91 Å². The third-order valence-electron chi connectivity index (χ3n) is 3.65. The Labute approximate surface area is 114 Å². The lowest BCUT2D eigenvalue weighted by Gasteiger charge is -2.30. The Hall–Kier alpha value is -1.55. The molecule has 1 aromatic carbocycles. The molecule has 2 rings (SSSR count). The minimum absolute atomic E-state index is 0.158. The van der Waals surface area contributed by atoms with Crippen molar-refractivity contribution in [2.45, 2.75) is 20.4 Å². The molecule has 1 saturated heterocycles. The number of carbonyl (C=O) groups is 1. The molecule has 1 N–H and O–H groups in total. The number of hydrogen-bond acceptors (Lipinski definition) is 3. The van der Waals surface area contributed by atoms with Crippen LogP contribution in [0.1, 0.15) is 16.7 Å². The first-order valence-electron chi connectivity index (χ1n) is 6.62. The SMILES string of the molecule is COc1c(C)cc(CN(C)C(=O)C2CNC2)cc1C. The first kappa shape index (κ1) is 13.9. The van der Waals surface area contributed by atoms with Crippen LogP contribution < -0.4 is 10.1 Å². The van der Waals surface area contributed by atoms with Crippen molar-refractivity contribution in [2.75, 3.05) is 27.2 Å². The van der Waals surface area contributed by atoms with Gasteiger partial charge < -0.3 is 15.0 Å². The fourth-order valence-electron chi connectivity index (χ4n) is 2.58. The highest BCUT2D eigenvalue weighted by Crippen LogP contribution is 2.25. The average molecular weight is 262 g/mol. The van der Waals surface area contributed by atoms with E-state index in [0.29, 0.717) is 6.54 Å². The topological polar surface area (TPSA) is 41.6 Å². The number of ether oxygens (including phenoxy) is 1. The monoisotopic (exact) mass is 262 g/mol. The van der Waals surface area contributed by atoms with E-state index >= 15 is 0 Å². The number of nitrogens with one attached hydrogen (secondary N) is 1. The molecule has 19 heavy (non-hydrogen) atoms. The minimum Gasteiger partial charge on any atom is -0.496 e. The standard InChI is InChI=1S/C15H22N2O2/c1-10-5-12(6-11(2)14(10)19-4)9-17(3)15(18)13-7-16-8-13/h5-6,13,16H,7-9H2,1-4H3. The molecule has 0 atom stereocenters. The molecule has 0 bridgehead atoms. The van der Waals surface area contributed by atoms with Gasteiger partial charge in [0.15, 0.2) is 0 Å². The summed E-state index contributed by atoms with van der Waals surface area (Å²) in [7, 11) is 3.56. The van der Waals surface area contributed by atoms with E-state index in [-0.39, 0.29) is 11.8 Å². The van der Waals surface area contributed by atoms with Gasteiger partial charge in [0.25, 0.3) is 0 Å². The maximum absolute atomic E-state index is 12.1. The van der Waals surface area contributed by atoms with Crippen LogP contribution in [0.25, 0.3) is 0 Å². The van der Waals surface area contributed by atoms with Crippen LogP contribution >= 0.6 is 0 Å². The van der Waals surface area contributed by atoms with Crippen LogP contribution in [0, 0.1) is 19.8 Å². The van der Waals surface area contributed by atoms with Crippen LogP contribution in [-0.2, 0) is 11.3 Å². The Morgan fingerprint density at radius 2 is 1.95 bits per heavy atom. The summed E-state index contributed by atoms with van der Waals surface area (Å²) >= 11 is 0. The van der Waals surface area contributed by atoms with Gasteiger partial charge in [0.1, 0.15) is 5.75 Å². The third kappa shape index (κ3) is 2.89. The van der Waals surface area contributed by atoms with Crippen molar-refractivity contribution in [3.63, 3.8) is 0 Å². The number of amides is 1. The minimum atomic E-state index is 0.158. The Bertz CT molecular complexity index is 458. The normalized spacial score (nSPS) is 14.9. The molecular weight excluding hydrogens is 240 g/mol. The van der Waals surface area contributed by atoms with Gasteiger partial charge in [0, 0.05) is 26.7 Å². The molecule has 1 aromatic rings. The molecule has 0 unspecified atom stereocenters. The van der Waals surface area contributed by atoms with Crippen LogP contribution in [0.5, 0.6) is 5.75 Å². The van der Waals surface area contributed by atoms with E-state index in [2.05, 4.69) is 17.4 Å². The Kier molecular flexibility index (Phi) is 4.10. The summed E-state index contributed by atoms with van der Waals surface area (Å²) in [5, 5.41) is 3.13. The van der Waals surface area contributed by atoms with Gasteiger partial charge in [-0.1, -0.05) is 12.1 Å². The van der Waals surface area contributed by atoms with E-state index < -0.39 is 0 Å². The highest BCUT2D eigenvalue weighted by Gasteiger charge is 2.27. The molecule has 1 aliphatic rings. The number of methoxy groups -OCH3 is 1. The summed E-state index contributed by atoms with van der Waals surface area (Å²) in [6.45, 7) is 6.34. The van der Waals surface area contributed by atoms with Crippen molar-refractivity contribution in [1.82, 2.24) is 10.2 Å². The smallest absolute Gasteiger partial charge is 0.228 e. The summed E-state index contributed by atoms with van der Waals surface area (Å²) in [5.74, 6) is 1.32. The quantitative estimate of drug-likeness (QED) is 0.894. The molecule has 1 fully saturated rings. The van der Waals surface area contributed by atoms with Gasteiger partial charge in [-0.3, -0.25) is 4.79 Å². The first-order valence-corrected chi connectivity index (χ1v) is 6.62. The Morgan fingerprint density at radius 3 is 2.37 bits per heavy atom. The van der Waals surface area contributed by atoms with Crippen LogP contribution in [0.4, 0.5) is 0 Å². The fraction of sp³-hybridized carbons (Fsp3) is 0.533. The number of carbonyl (C=O) groups excluding carboxylic acids is 1. The summed E-state index contributed by atoms with van der Waals surface area (Å²) in [4.78, 5) is 13.9. The molecule has 0 saturated carbocycles. The Balaban J connectivity index is 2.08. The average Bonchev–Trinajstić information content (AvgIpc) is 2.26. The summed E-state index contributed by atoms with van der Waals surface area (Å²) in [6.07, 6.45) is 0. The van der Waals surface area contributed by atoms with Crippen molar-refractivity contribution < 1.29 is 9.53 Å². The zero-order chi connectivity index (χ0) is 14.0. The van der Waals surface area contributed by atoms with E-state index in [4.69, 9.17) is 4.74 Å². The number of nitrogens with zero attached hydrogens (tertiary/aromatic N) is 1. The maximum atomic E-state index is 12.1. The number of aryl methyl sites for hydroxylation is 2. The molecular formula is C15H22N2O2. The molecule has 0 spiro atoms. The van der Waals surface area contributed by atoms with E-state index in [1.54, 1.807) is 7.11 Å². The van der Waals surface area contributed by atoms with Gasteiger partial charge >= 0.3 is 0 Å². The molecule has 0 aliphatic carbocycles. The van der Waals surface area contributed by atoms with Gasteiger partial charge in [-0.25, -0.2) is 0 Å². The van der Waals surface area contributed by atoms with Crippen molar-refractivity contribution in [3.8, 4) is 5.75 Å². The summed E-state index contributed by atoms with van der Waals surface area (Å²) in [5.41, 5.74) is 3.38. The predicted molar refractivity (Wildman–Crippen MR) is 75.3 cm³/mol. The van der Waals surface area contributed by atoms with Crippen LogP contribution in [-0.4, -0.2) is 38.1 Å². The first-order chi connectivity index (χ1) is 9.02. The molecule has 104 valence electrons. The van der Waals surface area contributed by atoms with Crippen LogP contribution in [0.3, 0.4) is 0 Å². The molecule has 0 radical (unpaired) electrons. The number of rotatable bonds is 4. The Morgan fingerprint density at radius 1 is 1.37 bits per heavy atom. The van der Waals surface area contributed by atoms with Crippen LogP contribution in [0.2, 0.25) is 0 Å². The molecule has 1 heterocycles. The van der Waals surface area contributed by atoms with Crippen molar-refractivity contribution in [1.29, 1.82) is 0 Å². The predicted octanol–water partition coefficient (Wildman–Crippen LogP) is 1.49. The van der Waals surface area contributed by atoms with E-state index in [9.17, 15) is 4.79 Å². The summed E-state index contributed by atoms with van der Waals surface area (Å²) in [6, 6.07) is 4.18. The maximum Gasteiger partial charge on any atom is 0.228 e. The van der Waals surface area contributed by atoms with E-state index in [1.165, 1.54) is 0 Å². The lowest BCUT2D eigenvalue weighted by Crippen LogP contribution is -2.50. The lowest BCUT2D eigenvalue weighted by atomic mass is 10.0. The fourth-order valence-corrected chi connectivity index (χ4v) is 2.58. The van der Waals surface area contributed by atoms with Crippen molar-refractivity contribution in [3.05, 3.63) is 28.8 Å². The number of benzene rings is 1. The molecule has 0 aromatic heterocycles. The van der Waals surface area contributed by atoms with E-state index in [0.717, 1.165) is 35.5 Å². The van der Waals surface area contributed by atoms with Crippen molar-refractivity contribution in [2.24, 2.45) is 5.92 Å². The highest BCUT2D eigenvalue weighted by molar-refractivity contribution is 5.80. The highest BCUT2D eigenvalue weighted by atomic mass is 16.5. The second-order valence-electron chi connectivity index (χ2n) is 5.31. The van der Waals surface area contributed by atoms with Gasteiger partial charge in [0.05, 0.1) is 13.0 Å². The largest absolute Gasteiger partial charge is 0.496 e. The summed E-state index contributed by atoms with van der Waals surface area (Å²) < 4.78 is 5.36. The third-order valence-corrected chi connectivity index (χ3v) is 3.65. The van der Waals surface area contributed by atoms with Crippen LogP contribution in [0.15, 0.2) is 12.1 Å². The second-order valence-corrected chi connectivity index (χ2v) is 5.31. The molecule has 1 aliphatic heterocycles. The molecule has 4 heteroatoms. The zero-order valence-electron chi connectivity index (χ0n) is 12.1. The van der Waals surface area contributed by atoms with Gasteiger partial charge in [-0.05, 0) is 30.5 Å². The number of hydrogen-bond donors (Lipinski definition) is 1. The molecule has 4 nitrogen and oxygen atoms in total. The van der Waals surface area contributed by atoms with Gasteiger partial charge in [-0.2, -0.15) is 0 Å².